The number of thiophene rings is 1. The number of likely N-dealkylation sites (tertiary alicyclic amines) is 1. The van der Waals surface area contributed by atoms with Crippen molar-refractivity contribution < 1.29 is 19.1 Å². The maximum absolute atomic E-state index is 12.5. The zero-order chi connectivity index (χ0) is 19.9. The molecule has 27 heavy (non-hydrogen) atoms. The SMILES string of the molecule is Cc1nc2sc(C(=O)OC(C)(C)C)c(N)c2c(C)c1OC(=O)N1CCCC1. The van der Waals surface area contributed by atoms with Crippen molar-refractivity contribution in [3.8, 4) is 5.75 Å². The lowest BCUT2D eigenvalue weighted by molar-refractivity contribution is 0.00764. The van der Waals surface area contributed by atoms with Gasteiger partial charge in [-0.1, -0.05) is 0 Å². The summed E-state index contributed by atoms with van der Waals surface area (Å²) >= 11 is 1.19. The summed E-state index contributed by atoms with van der Waals surface area (Å²) in [6, 6.07) is 0. The van der Waals surface area contributed by atoms with E-state index in [1.54, 1.807) is 32.6 Å². The number of fused-ring (bicyclic) bond motifs is 1. The molecular formula is C19H25N3O4S. The largest absolute Gasteiger partial charge is 0.456 e. The molecule has 0 saturated carbocycles. The Balaban J connectivity index is 1.99. The van der Waals surface area contributed by atoms with E-state index in [1.165, 1.54) is 11.3 Å². The summed E-state index contributed by atoms with van der Waals surface area (Å²) in [5.74, 6) is -0.0738. The number of carbonyl (C=O) groups is 2. The first-order valence-electron chi connectivity index (χ1n) is 8.97. The fourth-order valence-electron chi connectivity index (χ4n) is 3.14. The smallest absolute Gasteiger partial charge is 0.415 e. The summed E-state index contributed by atoms with van der Waals surface area (Å²) in [6.45, 7) is 10.4. The first-order chi connectivity index (χ1) is 12.6. The second-order valence-electron chi connectivity index (χ2n) is 7.74. The standard InChI is InChI=1S/C19H25N3O4S/c1-10-12-13(20)15(17(23)26-19(3,4)5)27-16(12)21-11(2)14(10)25-18(24)22-8-6-7-9-22/h6-9,20H2,1-5H3. The number of aromatic nitrogens is 1. The number of hydrogen-bond acceptors (Lipinski definition) is 7. The number of nitrogens with zero attached hydrogens (tertiary/aromatic N) is 2. The van der Waals surface area contributed by atoms with Gasteiger partial charge in [-0.15, -0.1) is 11.3 Å². The first-order valence-corrected chi connectivity index (χ1v) is 9.79. The lowest BCUT2D eigenvalue weighted by Gasteiger charge is -2.19. The highest BCUT2D eigenvalue weighted by atomic mass is 32.1. The van der Waals surface area contributed by atoms with Crippen molar-refractivity contribution in [3.05, 3.63) is 16.1 Å². The Morgan fingerprint density at radius 2 is 1.81 bits per heavy atom. The van der Waals surface area contributed by atoms with Crippen LogP contribution >= 0.6 is 11.3 Å². The van der Waals surface area contributed by atoms with Gasteiger partial charge >= 0.3 is 12.1 Å². The van der Waals surface area contributed by atoms with E-state index >= 15 is 0 Å². The number of ether oxygens (including phenoxy) is 2. The predicted octanol–water partition coefficient (Wildman–Crippen LogP) is 4.05. The maximum Gasteiger partial charge on any atom is 0.415 e. The molecule has 1 aliphatic heterocycles. The predicted molar refractivity (Wildman–Crippen MR) is 106 cm³/mol. The van der Waals surface area contributed by atoms with Crippen molar-refractivity contribution in [2.24, 2.45) is 0 Å². The number of anilines is 1. The zero-order valence-electron chi connectivity index (χ0n) is 16.3. The van der Waals surface area contributed by atoms with Crippen LogP contribution in [0.15, 0.2) is 0 Å². The van der Waals surface area contributed by atoms with E-state index in [4.69, 9.17) is 15.2 Å². The Kier molecular flexibility index (Phi) is 5.03. The third-order valence-corrected chi connectivity index (χ3v) is 5.46. The molecule has 0 aliphatic carbocycles. The molecule has 3 heterocycles. The Hall–Kier alpha value is -2.35. The van der Waals surface area contributed by atoms with E-state index in [9.17, 15) is 9.59 Å². The van der Waals surface area contributed by atoms with E-state index in [1.807, 2.05) is 6.92 Å². The van der Waals surface area contributed by atoms with E-state index in [2.05, 4.69) is 4.98 Å². The monoisotopic (exact) mass is 391 g/mol. The lowest BCUT2D eigenvalue weighted by atomic mass is 10.1. The topological polar surface area (TPSA) is 94.7 Å². The average molecular weight is 391 g/mol. The van der Waals surface area contributed by atoms with Gasteiger partial charge in [0.25, 0.3) is 0 Å². The van der Waals surface area contributed by atoms with E-state index in [-0.39, 0.29) is 6.09 Å². The molecule has 2 aromatic rings. The Morgan fingerprint density at radius 1 is 1.19 bits per heavy atom. The number of esters is 1. The van der Waals surface area contributed by atoms with Crippen LogP contribution in [-0.4, -0.2) is 40.6 Å². The molecule has 0 atom stereocenters. The van der Waals surface area contributed by atoms with Gasteiger partial charge in [0.05, 0.1) is 11.4 Å². The van der Waals surface area contributed by atoms with Gasteiger partial charge < -0.3 is 20.1 Å². The number of pyridine rings is 1. The van der Waals surface area contributed by atoms with E-state index < -0.39 is 11.6 Å². The zero-order valence-corrected chi connectivity index (χ0v) is 17.2. The minimum Gasteiger partial charge on any atom is -0.456 e. The summed E-state index contributed by atoms with van der Waals surface area (Å²) in [4.78, 5) is 32.0. The van der Waals surface area contributed by atoms with Crippen molar-refractivity contribution in [2.75, 3.05) is 18.8 Å². The van der Waals surface area contributed by atoms with Gasteiger partial charge in [-0.25, -0.2) is 14.6 Å². The molecule has 3 rings (SSSR count). The Labute approximate surface area is 162 Å². The maximum atomic E-state index is 12.5. The molecule has 2 N–H and O–H groups in total. The van der Waals surface area contributed by atoms with Crippen LogP contribution in [0.4, 0.5) is 10.5 Å². The molecule has 7 nitrogen and oxygen atoms in total. The number of nitrogen functional groups attached to an aromatic ring is 1. The molecular weight excluding hydrogens is 366 g/mol. The highest BCUT2D eigenvalue weighted by molar-refractivity contribution is 7.21. The normalized spacial score (nSPS) is 14.6. The van der Waals surface area contributed by atoms with Gasteiger partial charge in [0.15, 0.2) is 5.75 Å². The molecule has 1 fully saturated rings. The van der Waals surface area contributed by atoms with Crippen LogP contribution in [0.5, 0.6) is 5.75 Å². The molecule has 0 bridgehead atoms. The van der Waals surface area contributed by atoms with Crippen molar-refractivity contribution in [3.63, 3.8) is 0 Å². The van der Waals surface area contributed by atoms with Gasteiger partial charge in [0.2, 0.25) is 0 Å². The molecule has 0 unspecified atom stereocenters. The van der Waals surface area contributed by atoms with Crippen molar-refractivity contribution in [1.29, 1.82) is 0 Å². The molecule has 1 aliphatic rings. The second kappa shape index (κ2) is 6.99. The molecule has 1 amide bonds. The number of aryl methyl sites for hydroxylation is 2. The van der Waals surface area contributed by atoms with Crippen molar-refractivity contribution in [1.82, 2.24) is 9.88 Å². The number of amides is 1. The molecule has 2 aromatic heterocycles. The van der Waals surface area contributed by atoms with Crippen LogP contribution in [0.2, 0.25) is 0 Å². The van der Waals surface area contributed by atoms with Gasteiger partial charge in [-0.05, 0) is 47.5 Å². The van der Waals surface area contributed by atoms with E-state index in [0.29, 0.717) is 50.9 Å². The fourth-order valence-corrected chi connectivity index (χ4v) is 4.22. The Morgan fingerprint density at radius 3 is 2.41 bits per heavy atom. The number of rotatable bonds is 2. The molecule has 0 spiro atoms. The van der Waals surface area contributed by atoms with Crippen LogP contribution < -0.4 is 10.5 Å². The Bertz CT molecular complexity index is 908. The van der Waals surface area contributed by atoms with Crippen LogP contribution in [0.25, 0.3) is 10.2 Å². The highest BCUT2D eigenvalue weighted by Crippen LogP contribution is 2.40. The highest BCUT2D eigenvalue weighted by Gasteiger charge is 2.27. The molecule has 0 aromatic carbocycles. The van der Waals surface area contributed by atoms with Crippen LogP contribution in [0.3, 0.4) is 0 Å². The molecule has 146 valence electrons. The average Bonchev–Trinajstić information content (AvgIpc) is 3.18. The number of hydrogen-bond donors (Lipinski definition) is 1. The summed E-state index contributed by atoms with van der Waals surface area (Å²) in [5, 5.41) is 0.635. The third kappa shape index (κ3) is 3.85. The third-order valence-electron chi connectivity index (χ3n) is 4.38. The summed E-state index contributed by atoms with van der Waals surface area (Å²) in [7, 11) is 0. The van der Waals surface area contributed by atoms with Crippen molar-refractivity contribution >= 4 is 39.3 Å². The van der Waals surface area contributed by atoms with Gasteiger partial charge in [-0.3, -0.25) is 0 Å². The fraction of sp³-hybridized carbons (Fsp3) is 0.526. The van der Waals surface area contributed by atoms with Crippen LogP contribution in [-0.2, 0) is 4.74 Å². The second-order valence-corrected chi connectivity index (χ2v) is 8.74. The molecule has 0 radical (unpaired) electrons. The van der Waals surface area contributed by atoms with Crippen molar-refractivity contribution in [2.45, 2.75) is 53.1 Å². The minimum atomic E-state index is -0.617. The lowest BCUT2D eigenvalue weighted by Crippen LogP contribution is -2.31. The summed E-state index contributed by atoms with van der Waals surface area (Å²) < 4.78 is 11.1. The number of nitrogens with two attached hydrogens (primary N) is 1. The van der Waals surface area contributed by atoms with Crippen LogP contribution in [0, 0.1) is 13.8 Å². The minimum absolute atomic E-state index is 0.313. The summed E-state index contributed by atoms with van der Waals surface area (Å²) in [5.41, 5.74) is 7.24. The van der Waals surface area contributed by atoms with Gasteiger partial charge in [-0.2, -0.15) is 0 Å². The molecule has 8 heteroatoms. The quantitative estimate of drug-likeness (QED) is 0.776. The van der Waals surface area contributed by atoms with Gasteiger partial charge in [0.1, 0.15) is 15.3 Å². The molecule has 1 saturated heterocycles. The summed E-state index contributed by atoms with van der Waals surface area (Å²) in [6.07, 6.45) is 1.60. The van der Waals surface area contributed by atoms with Crippen LogP contribution in [0.1, 0.15) is 54.5 Å². The van der Waals surface area contributed by atoms with Gasteiger partial charge in [0, 0.05) is 24.0 Å². The first kappa shape index (κ1) is 19.4. The number of carbonyl (C=O) groups excluding carboxylic acids is 2. The van der Waals surface area contributed by atoms with E-state index in [0.717, 1.165) is 12.8 Å².